The van der Waals surface area contributed by atoms with Crippen LogP contribution in [0.3, 0.4) is 0 Å². The first-order chi connectivity index (χ1) is 7.41. The van der Waals surface area contributed by atoms with E-state index in [0.717, 1.165) is 0 Å². The predicted molar refractivity (Wildman–Crippen MR) is 62.3 cm³/mol. The lowest BCUT2D eigenvalue weighted by atomic mass is 10.2. The summed E-state index contributed by atoms with van der Waals surface area (Å²) in [5.74, 6) is -0.303. The molecule has 0 heterocycles. The minimum absolute atomic E-state index is 0.106. The van der Waals surface area contributed by atoms with E-state index < -0.39 is 16.1 Å². The number of Topliss-reactive ketones (excluding diaryl/α,β-unsaturated/α-hetero) is 1. The molecule has 0 fully saturated rings. The summed E-state index contributed by atoms with van der Waals surface area (Å²) >= 11 is 0. The van der Waals surface area contributed by atoms with Crippen molar-refractivity contribution < 1.29 is 13.2 Å². The van der Waals surface area contributed by atoms with Crippen molar-refractivity contribution in [3.8, 4) is 0 Å². The molecule has 0 aliphatic heterocycles. The number of ketones is 1. The highest BCUT2D eigenvalue weighted by molar-refractivity contribution is 7.88. The van der Waals surface area contributed by atoms with Crippen LogP contribution in [0.5, 0.6) is 0 Å². The smallest absolute Gasteiger partial charge is 0.216 e. The highest BCUT2D eigenvalue weighted by Crippen LogP contribution is 2.04. The van der Waals surface area contributed by atoms with Crippen LogP contribution in [-0.4, -0.2) is 20.2 Å². The first kappa shape index (κ1) is 12.9. The Bertz CT molecular complexity index is 453. The van der Waals surface area contributed by atoms with Gasteiger partial charge in [-0.3, -0.25) is 4.79 Å². The second kappa shape index (κ2) is 5.23. The Kier molecular flexibility index (Phi) is 4.20. The fourth-order valence-electron chi connectivity index (χ4n) is 1.19. The van der Waals surface area contributed by atoms with Gasteiger partial charge in [0.1, 0.15) is 5.78 Å². The molecule has 1 N–H and O–H groups in total. The van der Waals surface area contributed by atoms with Crippen molar-refractivity contribution in [3.63, 3.8) is 0 Å². The molecule has 0 aromatic heterocycles. The predicted octanol–water partition coefficient (Wildman–Crippen LogP) is 1.08. The first-order valence-electron chi connectivity index (χ1n) is 4.95. The van der Waals surface area contributed by atoms with E-state index in [1.165, 1.54) is 13.8 Å². The number of sulfonamides is 1. The van der Waals surface area contributed by atoms with E-state index in [0.29, 0.717) is 5.56 Å². The van der Waals surface area contributed by atoms with Crippen LogP contribution in [0.1, 0.15) is 19.4 Å². The second-order valence-electron chi connectivity index (χ2n) is 3.69. The van der Waals surface area contributed by atoms with Crippen LogP contribution in [0.15, 0.2) is 30.3 Å². The second-order valence-corrected chi connectivity index (χ2v) is 5.45. The number of benzene rings is 1. The molecule has 5 heteroatoms. The molecule has 16 heavy (non-hydrogen) atoms. The van der Waals surface area contributed by atoms with Crippen LogP contribution in [0.4, 0.5) is 0 Å². The number of hydrogen-bond donors (Lipinski definition) is 1. The summed E-state index contributed by atoms with van der Waals surface area (Å²) in [5, 5.41) is 0. The Morgan fingerprint density at radius 3 is 2.38 bits per heavy atom. The van der Waals surface area contributed by atoms with Crippen molar-refractivity contribution in [3.05, 3.63) is 35.9 Å². The molecule has 0 aliphatic carbocycles. The monoisotopic (exact) mass is 241 g/mol. The van der Waals surface area contributed by atoms with Crippen molar-refractivity contribution in [2.75, 3.05) is 0 Å². The van der Waals surface area contributed by atoms with Gasteiger partial charge in [0, 0.05) is 0 Å². The average Bonchev–Trinajstić information content (AvgIpc) is 2.17. The fraction of sp³-hybridized carbons (Fsp3) is 0.364. The van der Waals surface area contributed by atoms with E-state index in [1.54, 1.807) is 24.3 Å². The van der Waals surface area contributed by atoms with Crippen LogP contribution >= 0.6 is 0 Å². The zero-order chi connectivity index (χ0) is 12.2. The lowest BCUT2D eigenvalue weighted by molar-refractivity contribution is -0.118. The van der Waals surface area contributed by atoms with E-state index in [9.17, 15) is 13.2 Å². The first-order valence-corrected chi connectivity index (χ1v) is 6.60. The molecule has 1 aromatic carbocycles. The van der Waals surface area contributed by atoms with Gasteiger partial charge in [-0.1, -0.05) is 30.3 Å². The van der Waals surface area contributed by atoms with Gasteiger partial charge in [0.2, 0.25) is 10.0 Å². The molecule has 88 valence electrons. The third-order valence-corrected chi connectivity index (χ3v) is 3.59. The summed E-state index contributed by atoms with van der Waals surface area (Å²) in [6, 6.07) is 8.17. The molecular formula is C11H15NO3S. The summed E-state index contributed by atoms with van der Waals surface area (Å²) in [6.45, 7) is 2.89. The summed E-state index contributed by atoms with van der Waals surface area (Å²) in [7, 11) is -3.45. The maximum absolute atomic E-state index is 11.7. The van der Waals surface area contributed by atoms with E-state index >= 15 is 0 Å². The van der Waals surface area contributed by atoms with Crippen LogP contribution < -0.4 is 4.72 Å². The average molecular weight is 241 g/mol. The third kappa shape index (κ3) is 4.12. The Hall–Kier alpha value is -1.20. The van der Waals surface area contributed by atoms with E-state index in [-0.39, 0.29) is 11.5 Å². The fourth-order valence-corrected chi connectivity index (χ4v) is 2.61. The highest BCUT2D eigenvalue weighted by Gasteiger charge is 2.17. The molecule has 1 atom stereocenters. The third-order valence-electron chi connectivity index (χ3n) is 2.17. The largest absolute Gasteiger partial charge is 0.298 e. The van der Waals surface area contributed by atoms with Crippen LogP contribution in [0.25, 0.3) is 0 Å². The van der Waals surface area contributed by atoms with Crippen molar-refractivity contribution in [2.45, 2.75) is 25.6 Å². The summed E-state index contributed by atoms with van der Waals surface area (Å²) in [4.78, 5) is 10.9. The normalized spacial score (nSPS) is 13.4. The van der Waals surface area contributed by atoms with Crippen molar-refractivity contribution in [2.24, 2.45) is 0 Å². The summed E-state index contributed by atoms with van der Waals surface area (Å²) in [6.07, 6.45) is 0. The van der Waals surface area contributed by atoms with Gasteiger partial charge in [0.05, 0.1) is 11.8 Å². The Balaban J connectivity index is 2.70. The maximum atomic E-state index is 11.7. The molecule has 0 amide bonds. The molecule has 1 rings (SSSR count). The van der Waals surface area contributed by atoms with Gasteiger partial charge in [-0.2, -0.15) is 0 Å². The number of nitrogens with one attached hydrogen (secondary N) is 1. The highest BCUT2D eigenvalue weighted by atomic mass is 32.2. The van der Waals surface area contributed by atoms with Crippen molar-refractivity contribution in [1.82, 2.24) is 4.72 Å². The Morgan fingerprint density at radius 2 is 1.88 bits per heavy atom. The summed E-state index contributed by atoms with van der Waals surface area (Å²) in [5.41, 5.74) is 0.700. The minimum Gasteiger partial charge on any atom is -0.298 e. The number of carbonyl (C=O) groups excluding carboxylic acids is 1. The van der Waals surface area contributed by atoms with Gasteiger partial charge < -0.3 is 0 Å². The van der Waals surface area contributed by atoms with Gasteiger partial charge in [-0.05, 0) is 19.4 Å². The van der Waals surface area contributed by atoms with Gasteiger partial charge in [-0.25, -0.2) is 13.1 Å². The standard InChI is InChI=1S/C11H15NO3S/c1-9(10(2)13)12-16(14,15)8-11-6-4-3-5-7-11/h3-7,9,12H,8H2,1-2H3. The summed E-state index contributed by atoms with van der Waals surface area (Å²) < 4.78 is 25.6. The van der Waals surface area contributed by atoms with Crippen LogP contribution in [0, 0.1) is 0 Å². The lowest BCUT2D eigenvalue weighted by Gasteiger charge is -2.11. The quantitative estimate of drug-likeness (QED) is 0.839. The van der Waals surface area contributed by atoms with Crippen LogP contribution in [-0.2, 0) is 20.6 Å². The molecule has 1 unspecified atom stereocenters. The topological polar surface area (TPSA) is 63.2 Å². The molecule has 0 saturated carbocycles. The lowest BCUT2D eigenvalue weighted by Crippen LogP contribution is -2.37. The SMILES string of the molecule is CC(=O)C(C)NS(=O)(=O)Cc1ccccc1. The van der Waals surface area contributed by atoms with Crippen molar-refractivity contribution >= 4 is 15.8 Å². The number of rotatable bonds is 5. The van der Waals surface area contributed by atoms with E-state index in [4.69, 9.17) is 0 Å². The van der Waals surface area contributed by atoms with Gasteiger partial charge in [-0.15, -0.1) is 0 Å². The molecule has 1 aromatic rings. The van der Waals surface area contributed by atoms with Gasteiger partial charge >= 0.3 is 0 Å². The molecule has 0 aliphatic rings. The molecule has 0 saturated heterocycles. The maximum Gasteiger partial charge on any atom is 0.216 e. The minimum atomic E-state index is -3.45. The number of hydrogen-bond acceptors (Lipinski definition) is 3. The van der Waals surface area contributed by atoms with Gasteiger partial charge in [0.25, 0.3) is 0 Å². The zero-order valence-corrected chi connectivity index (χ0v) is 10.1. The van der Waals surface area contributed by atoms with Crippen molar-refractivity contribution in [1.29, 1.82) is 0 Å². The number of carbonyl (C=O) groups is 1. The Morgan fingerprint density at radius 1 is 1.31 bits per heavy atom. The van der Waals surface area contributed by atoms with Gasteiger partial charge in [0.15, 0.2) is 0 Å². The molecule has 4 nitrogen and oxygen atoms in total. The molecular weight excluding hydrogens is 226 g/mol. The molecule has 0 spiro atoms. The Labute approximate surface area is 95.7 Å². The van der Waals surface area contributed by atoms with E-state index in [2.05, 4.69) is 4.72 Å². The molecule has 0 radical (unpaired) electrons. The zero-order valence-electron chi connectivity index (χ0n) is 9.30. The van der Waals surface area contributed by atoms with E-state index in [1.807, 2.05) is 6.07 Å². The molecule has 0 bridgehead atoms. The van der Waals surface area contributed by atoms with Crippen LogP contribution in [0.2, 0.25) is 0 Å².